The Morgan fingerprint density at radius 3 is 2.86 bits per heavy atom. The standard InChI is InChI=1S/C16H18N4O/c1-17-15(16-14(21-3)10-19-20(16)2)12-6-4-8-13-11(12)7-5-9-18-13/h4-10,15,17H,1-3H3. The van der Waals surface area contributed by atoms with Crippen molar-refractivity contribution >= 4 is 10.9 Å². The molecule has 3 aromatic rings. The average molecular weight is 282 g/mol. The van der Waals surface area contributed by atoms with Gasteiger partial charge in [-0.25, -0.2) is 0 Å². The fourth-order valence-electron chi connectivity index (χ4n) is 2.73. The van der Waals surface area contributed by atoms with E-state index in [2.05, 4.69) is 27.5 Å². The van der Waals surface area contributed by atoms with Crippen LogP contribution in [0, 0.1) is 0 Å². The highest BCUT2D eigenvalue weighted by Gasteiger charge is 2.22. The summed E-state index contributed by atoms with van der Waals surface area (Å²) in [6, 6.07) is 10.2. The van der Waals surface area contributed by atoms with Gasteiger partial charge in [0.05, 0.1) is 24.9 Å². The molecule has 5 heteroatoms. The maximum absolute atomic E-state index is 5.44. The Labute approximate surface area is 123 Å². The molecule has 0 aliphatic carbocycles. The molecule has 1 unspecified atom stereocenters. The Balaban J connectivity index is 2.21. The number of hydrogen-bond donors (Lipinski definition) is 1. The number of aryl methyl sites for hydroxylation is 1. The van der Waals surface area contributed by atoms with Crippen LogP contribution in [-0.2, 0) is 7.05 Å². The van der Waals surface area contributed by atoms with E-state index in [4.69, 9.17) is 4.74 Å². The van der Waals surface area contributed by atoms with Crippen LogP contribution in [0.25, 0.3) is 10.9 Å². The summed E-state index contributed by atoms with van der Waals surface area (Å²) in [5.74, 6) is 0.776. The van der Waals surface area contributed by atoms with E-state index in [9.17, 15) is 0 Å². The summed E-state index contributed by atoms with van der Waals surface area (Å²) in [7, 11) is 5.52. The molecular weight excluding hydrogens is 264 g/mol. The molecule has 2 heterocycles. The number of nitrogens with one attached hydrogen (secondary N) is 1. The lowest BCUT2D eigenvalue weighted by Crippen LogP contribution is -2.21. The van der Waals surface area contributed by atoms with Gasteiger partial charge in [-0.1, -0.05) is 18.2 Å². The number of fused-ring (bicyclic) bond motifs is 1. The molecule has 0 saturated carbocycles. The van der Waals surface area contributed by atoms with Crippen molar-refractivity contribution < 1.29 is 4.74 Å². The highest BCUT2D eigenvalue weighted by molar-refractivity contribution is 5.83. The molecule has 0 fully saturated rings. The van der Waals surface area contributed by atoms with E-state index in [1.54, 1.807) is 13.3 Å². The van der Waals surface area contributed by atoms with Gasteiger partial charge < -0.3 is 10.1 Å². The molecule has 21 heavy (non-hydrogen) atoms. The SMILES string of the molecule is CNC(c1cccc2ncccc12)c1c(OC)cnn1C. The van der Waals surface area contributed by atoms with Gasteiger partial charge in [0.15, 0.2) is 5.75 Å². The number of pyridine rings is 1. The third-order valence-electron chi connectivity index (χ3n) is 3.72. The van der Waals surface area contributed by atoms with Crippen molar-refractivity contribution in [2.24, 2.45) is 7.05 Å². The average Bonchev–Trinajstić information content (AvgIpc) is 2.90. The maximum atomic E-state index is 5.44. The fraction of sp³-hybridized carbons (Fsp3) is 0.250. The van der Waals surface area contributed by atoms with Crippen molar-refractivity contribution in [2.75, 3.05) is 14.2 Å². The quantitative estimate of drug-likeness (QED) is 0.797. The highest BCUT2D eigenvalue weighted by Crippen LogP contribution is 2.32. The molecule has 1 aromatic carbocycles. The predicted octanol–water partition coefficient (Wildman–Crippen LogP) is 2.29. The lowest BCUT2D eigenvalue weighted by atomic mass is 9.98. The number of methoxy groups -OCH3 is 1. The van der Waals surface area contributed by atoms with Gasteiger partial charge in [0.25, 0.3) is 0 Å². The lowest BCUT2D eigenvalue weighted by Gasteiger charge is -2.20. The summed E-state index contributed by atoms with van der Waals surface area (Å²) in [4.78, 5) is 4.42. The Kier molecular flexibility index (Phi) is 3.58. The summed E-state index contributed by atoms with van der Waals surface area (Å²) in [5.41, 5.74) is 3.14. The van der Waals surface area contributed by atoms with E-state index in [0.717, 1.165) is 27.9 Å². The topological polar surface area (TPSA) is 52.0 Å². The normalized spacial score (nSPS) is 12.5. The third-order valence-corrected chi connectivity index (χ3v) is 3.72. The molecule has 5 nitrogen and oxygen atoms in total. The molecule has 1 atom stereocenters. The summed E-state index contributed by atoms with van der Waals surface area (Å²) in [5, 5.41) is 8.79. The van der Waals surface area contributed by atoms with Crippen LogP contribution in [0.15, 0.2) is 42.7 Å². The molecule has 0 aliphatic heterocycles. The van der Waals surface area contributed by atoms with E-state index in [1.165, 1.54) is 0 Å². The molecule has 0 saturated heterocycles. The van der Waals surface area contributed by atoms with Crippen molar-refractivity contribution in [2.45, 2.75) is 6.04 Å². The maximum Gasteiger partial charge on any atom is 0.161 e. The van der Waals surface area contributed by atoms with Crippen LogP contribution >= 0.6 is 0 Å². The van der Waals surface area contributed by atoms with Crippen LogP contribution < -0.4 is 10.1 Å². The predicted molar refractivity (Wildman–Crippen MR) is 82.4 cm³/mol. The largest absolute Gasteiger partial charge is 0.493 e. The zero-order valence-corrected chi connectivity index (χ0v) is 12.4. The van der Waals surface area contributed by atoms with Gasteiger partial charge >= 0.3 is 0 Å². The van der Waals surface area contributed by atoms with Gasteiger partial charge in [0, 0.05) is 18.6 Å². The number of ether oxygens (including phenoxy) is 1. The monoisotopic (exact) mass is 282 g/mol. The molecule has 108 valence electrons. The Morgan fingerprint density at radius 1 is 1.24 bits per heavy atom. The Hall–Kier alpha value is -2.40. The second kappa shape index (κ2) is 5.54. The van der Waals surface area contributed by atoms with Crippen molar-refractivity contribution in [1.29, 1.82) is 0 Å². The molecule has 0 spiro atoms. The minimum absolute atomic E-state index is 0.0136. The number of hydrogen-bond acceptors (Lipinski definition) is 4. The molecule has 3 rings (SSSR count). The zero-order valence-electron chi connectivity index (χ0n) is 12.4. The van der Waals surface area contributed by atoms with Gasteiger partial charge in [0.1, 0.15) is 5.69 Å². The summed E-state index contributed by atoms with van der Waals surface area (Å²) in [6.07, 6.45) is 3.55. The van der Waals surface area contributed by atoms with Gasteiger partial charge in [-0.05, 0) is 24.7 Å². The lowest BCUT2D eigenvalue weighted by molar-refractivity contribution is 0.403. The molecule has 2 aromatic heterocycles. The van der Waals surface area contributed by atoms with Crippen LogP contribution in [0.2, 0.25) is 0 Å². The molecule has 0 bridgehead atoms. The molecule has 0 aliphatic rings. The molecule has 0 radical (unpaired) electrons. The van der Waals surface area contributed by atoms with E-state index in [1.807, 2.05) is 43.2 Å². The summed E-state index contributed by atoms with van der Waals surface area (Å²) >= 11 is 0. The van der Waals surface area contributed by atoms with Gasteiger partial charge in [-0.15, -0.1) is 0 Å². The first kappa shape index (κ1) is 13.6. The van der Waals surface area contributed by atoms with Crippen LogP contribution in [-0.4, -0.2) is 28.9 Å². The van der Waals surface area contributed by atoms with Crippen LogP contribution in [0.5, 0.6) is 5.75 Å². The first-order chi connectivity index (χ1) is 10.3. The first-order valence-corrected chi connectivity index (χ1v) is 6.83. The number of nitrogens with zero attached hydrogens (tertiary/aromatic N) is 3. The van der Waals surface area contributed by atoms with Crippen molar-refractivity contribution in [3.8, 4) is 5.75 Å². The second-order valence-electron chi connectivity index (χ2n) is 4.86. The minimum atomic E-state index is -0.0136. The smallest absolute Gasteiger partial charge is 0.161 e. The highest BCUT2D eigenvalue weighted by atomic mass is 16.5. The van der Waals surface area contributed by atoms with E-state index in [0.29, 0.717) is 0 Å². The summed E-state index contributed by atoms with van der Waals surface area (Å²) in [6.45, 7) is 0. The second-order valence-corrected chi connectivity index (χ2v) is 4.86. The number of rotatable bonds is 4. The van der Waals surface area contributed by atoms with Crippen molar-refractivity contribution in [1.82, 2.24) is 20.1 Å². The number of benzene rings is 1. The first-order valence-electron chi connectivity index (χ1n) is 6.83. The van der Waals surface area contributed by atoms with E-state index < -0.39 is 0 Å². The molecule has 0 amide bonds. The number of aromatic nitrogens is 3. The van der Waals surface area contributed by atoms with Crippen molar-refractivity contribution in [3.63, 3.8) is 0 Å². The van der Waals surface area contributed by atoms with Crippen LogP contribution in [0.1, 0.15) is 17.3 Å². The van der Waals surface area contributed by atoms with Crippen LogP contribution in [0.3, 0.4) is 0 Å². The van der Waals surface area contributed by atoms with Gasteiger partial charge in [0.2, 0.25) is 0 Å². The minimum Gasteiger partial charge on any atom is -0.493 e. The Bertz CT molecular complexity index is 761. The molecule has 1 N–H and O–H groups in total. The zero-order chi connectivity index (χ0) is 14.8. The summed E-state index contributed by atoms with van der Waals surface area (Å²) < 4.78 is 7.29. The third kappa shape index (κ3) is 2.25. The Morgan fingerprint density at radius 2 is 2.10 bits per heavy atom. The van der Waals surface area contributed by atoms with Crippen molar-refractivity contribution in [3.05, 3.63) is 54.0 Å². The molecular formula is C16H18N4O. The van der Waals surface area contributed by atoms with Gasteiger partial charge in [-0.2, -0.15) is 5.10 Å². The van der Waals surface area contributed by atoms with E-state index >= 15 is 0 Å². The van der Waals surface area contributed by atoms with Crippen LogP contribution in [0.4, 0.5) is 0 Å². The van der Waals surface area contributed by atoms with Gasteiger partial charge in [-0.3, -0.25) is 9.67 Å². The fourth-order valence-corrected chi connectivity index (χ4v) is 2.73. The van der Waals surface area contributed by atoms with E-state index in [-0.39, 0.29) is 6.04 Å².